The molecule has 1 saturated heterocycles. The van der Waals surface area contributed by atoms with E-state index in [0.717, 1.165) is 44.6 Å². The summed E-state index contributed by atoms with van der Waals surface area (Å²) in [7, 11) is 0. The van der Waals surface area contributed by atoms with Gasteiger partial charge in [0.15, 0.2) is 0 Å². The molecule has 1 saturated carbocycles. The van der Waals surface area contributed by atoms with Crippen LogP contribution in [-0.2, 0) is 0 Å². The van der Waals surface area contributed by atoms with Crippen molar-refractivity contribution in [3.05, 3.63) is 51.8 Å². The lowest BCUT2D eigenvalue weighted by atomic mass is 9.86. The van der Waals surface area contributed by atoms with Crippen LogP contribution >= 0.6 is 23.2 Å². The highest BCUT2D eigenvalue weighted by Gasteiger charge is 2.27. The molecule has 0 bridgehead atoms. The van der Waals surface area contributed by atoms with Gasteiger partial charge in [-0.3, -0.25) is 15.1 Å². The molecule has 1 heterocycles. The van der Waals surface area contributed by atoms with Gasteiger partial charge in [0.1, 0.15) is 17.4 Å². The summed E-state index contributed by atoms with van der Waals surface area (Å²) >= 11 is 12.4. The van der Waals surface area contributed by atoms with E-state index in [4.69, 9.17) is 33.3 Å². The lowest BCUT2D eigenvalue weighted by molar-refractivity contribution is 0.0997. The minimum absolute atomic E-state index is 0.0418. The summed E-state index contributed by atoms with van der Waals surface area (Å²) in [5.41, 5.74) is 0.0462. The van der Waals surface area contributed by atoms with Crippen molar-refractivity contribution >= 4 is 52.4 Å². The Hall–Kier alpha value is -2.84. The first kappa shape index (κ1) is 27.2. The number of amidine groups is 1. The van der Waals surface area contributed by atoms with E-state index in [0.29, 0.717) is 18.9 Å². The lowest BCUT2D eigenvalue weighted by Gasteiger charge is -2.29. The smallest absolute Gasteiger partial charge is 0.327 e. The SMILES string of the molecule is CC(Oc1cc(NC(=O)N2CCCCC2=N)c(F)cc1C(=O)Nc1c(Cl)cccc1Cl)C1CCCCC1. The Morgan fingerprint density at radius 2 is 1.78 bits per heavy atom. The average molecular weight is 549 g/mol. The Labute approximate surface area is 226 Å². The van der Waals surface area contributed by atoms with Gasteiger partial charge in [0.25, 0.3) is 5.91 Å². The van der Waals surface area contributed by atoms with E-state index in [9.17, 15) is 9.59 Å². The Bertz CT molecular complexity index is 1170. The molecule has 3 N–H and O–H groups in total. The van der Waals surface area contributed by atoms with Gasteiger partial charge in [-0.25, -0.2) is 9.18 Å². The predicted octanol–water partition coefficient (Wildman–Crippen LogP) is 7.73. The number of nitrogens with zero attached hydrogens (tertiary/aromatic N) is 1. The number of halogens is 3. The number of likely N-dealkylation sites (tertiary alicyclic amines) is 1. The van der Waals surface area contributed by atoms with Gasteiger partial charge in [-0.2, -0.15) is 0 Å². The molecule has 0 spiro atoms. The molecule has 4 rings (SSSR count). The normalized spacial score (nSPS) is 17.3. The van der Waals surface area contributed by atoms with E-state index in [1.807, 2.05) is 6.92 Å². The number of piperidine rings is 1. The Kier molecular flexibility index (Phi) is 8.92. The molecule has 2 fully saturated rings. The number of hydrogen-bond donors (Lipinski definition) is 3. The maximum atomic E-state index is 15.2. The van der Waals surface area contributed by atoms with Gasteiger partial charge in [-0.05, 0) is 56.7 Å². The van der Waals surface area contributed by atoms with Crippen LogP contribution in [0.1, 0.15) is 68.6 Å². The highest BCUT2D eigenvalue weighted by molar-refractivity contribution is 6.40. The van der Waals surface area contributed by atoms with Crippen molar-refractivity contribution in [3.8, 4) is 5.75 Å². The zero-order valence-electron chi connectivity index (χ0n) is 20.7. The van der Waals surface area contributed by atoms with Crippen LogP contribution in [0.25, 0.3) is 0 Å². The molecule has 1 aliphatic heterocycles. The number of ether oxygens (including phenoxy) is 1. The molecule has 0 radical (unpaired) electrons. The maximum absolute atomic E-state index is 15.2. The fraction of sp³-hybridized carbons (Fsp3) is 0.444. The third-order valence-electron chi connectivity index (χ3n) is 7.00. The van der Waals surface area contributed by atoms with Crippen LogP contribution in [0.15, 0.2) is 30.3 Å². The molecule has 3 amide bonds. The molecule has 37 heavy (non-hydrogen) atoms. The van der Waals surface area contributed by atoms with Crippen LogP contribution in [0, 0.1) is 17.1 Å². The number of rotatable bonds is 6. The quantitative estimate of drug-likeness (QED) is 0.344. The van der Waals surface area contributed by atoms with Crippen LogP contribution in [0.4, 0.5) is 20.6 Å². The van der Waals surface area contributed by atoms with Crippen LogP contribution in [0.5, 0.6) is 5.75 Å². The molecule has 7 nitrogen and oxygen atoms in total. The highest BCUT2D eigenvalue weighted by Crippen LogP contribution is 2.35. The highest BCUT2D eigenvalue weighted by atomic mass is 35.5. The number of anilines is 2. The second-order valence-corrected chi connectivity index (χ2v) is 10.4. The van der Waals surface area contributed by atoms with Crippen LogP contribution in [0.2, 0.25) is 10.0 Å². The molecule has 1 aliphatic carbocycles. The van der Waals surface area contributed by atoms with E-state index in [2.05, 4.69) is 10.6 Å². The van der Waals surface area contributed by atoms with Gasteiger partial charge in [-0.1, -0.05) is 48.5 Å². The monoisotopic (exact) mass is 548 g/mol. The number of carbonyl (C=O) groups excluding carboxylic acids is 2. The van der Waals surface area contributed by atoms with E-state index in [1.165, 1.54) is 17.4 Å². The van der Waals surface area contributed by atoms with Crippen molar-refractivity contribution in [2.75, 3.05) is 17.2 Å². The first-order chi connectivity index (χ1) is 17.7. The zero-order chi connectivity index (χ0) is 26.5. The number of para-hydroxylation sites is 1. The van der Waals surface area contributed by atoms with Gasteiger partial charge >= 0.3 is 6.03 Å². The number of urea groups is 1. The summed E-state index contributed by atoms with van der Waals surface area (Å²) in [6, 6.07) is 6.62. The molecule has 10 heteroatoms. The number of carbonyl (C=O) groups is 2. The molecule has 1 atom stereocenters. The summed E-state index contributed by atoms with van der Waals surface area (Å²) < 4.78 is 21.5. The predicted molar refractivity (Wildman–Crippen MR) is 145 cm³/mol. The van der Waals surface area contributed by atoms with Gasteiger partial charge in [0.05, 0.1) is 33.1 Å². The van der Waals surface area contributed by atoms with E-state index in [-0.39, 0.29) is 44.7 Å². The first-order valence-electron chi connectivity index (χ1n) is 12.7. The van der Waals surface area contributed by atoms with E-state index >= 15 is 4.39 Å². The minimum Gasteiger partial charge on any atom is -0.490 e. The molecule has 198 valence electrons. The number of amides is 3. The second kappa shape index (κ2) is 12.1. The van der Waals surface area contributed by atoms with E-state index in [1.54, 1.807) is 18.2 Å². The van der Waals surface area contributed by atoms with Crippen molar-refractivity contribution in [1.29, 1.82) is 5.41 Å². The lowest BCUT2D eigenvalue weighted by Crippen LogP contribution is -2.42. The minimum atomic E-state index is -0.801. The topological polar surface area (TPSA) is 94.5 Å². The fourth-order valence-electron chi connectivity index (χ4n) is 4.86. The number of hydrogen-bond acceptors (Lipinski definition) is 4. The molecule has 2 aliphatic rings. The zero-order valence-corrected chi connectivity index (χ0v) is 22.2. The van der Waals surface area contributed by atoms with Gasteiger partial charge in [0.2, 0.25) is 0 Å². The Balaban J connectivity index is 1.63. The van der Waals surface area contributed by atoms with Crippen LogP contribution in [-0.4, -0.2) is 35.3 Å². The average Bonchev–Trinajstić information content (AvgIpc) is 2.88. The fourth-order valence-corrected chi connectivity index (χ4v) is 5.35. The number of nitrogens with one attached hydrogen (secondary N) is 3. The third kappa shape index (κ3) is 6.54. The van der Waals surface area contributed by atoms with Crippen molar-refractivity contribution in [3.63, 3.8) is 0 Å². The van der Waals surface area contributed by atoms with Crippen LogP contribution in [0.3, 0.4) is 0 Å². The Morgan fingerprint density at radius 1 is 1.08 bits per heavy atom. The molecule has 0 aromatic heterocycles. The largest absolute Gasteiger partial charge is 0.490 e. The first-order valence-corrected chi connectivity index (χ1v) is 13.4. The summed E-state index contributed by atoms with van der Waals surface area (Å²) in [6.07, 6.45) is 7.33. The summed E-state index contributed by atoms with van der Waals surface area (Å²) in [5, 5.41) is 13.7. The second-order valence-electron chi connectivity index (χ2n) is 9.59. The van der Waals surface area contributed by atoms with Gasteiger partial charge < -0.3 is 15.4 Å². The van der Waals surface area contributed by atoms with E-state index < -0.39 is 17.8 Å². The molecular formula is C27H31Cl2FN4O3. The molecular weight excluding hydrogens is 518 g/mol. The van der Waals surface area contributed by atoms with Crippen LogP contribution < -0.4 is 15.4 Å². The maximum Gasteiger partial charge on any atom is 0.327 e. The molecule has 1 unspecified atom stereocenters. The summed E-state index contributed by atoms with van der Waals surface area (Å²) in [6.45, 7) is 2.34. The summed E-state index contributed by atoms with van der Waals surface area (Å²) in [5.74, 6) is -0.802. The molecule has 2 aromatic rings. The van der Waals surface area contributed by atoms with Crippen molar-refractivity contribution in [1.82, 2.24) is 4.90 Å². The third-order valence-corrected chi connectivity index (χ3v) is 7.63. The van der Waals surface area contributed by atoms with Gasteiger partial charge in [0, 0.05) is 19.0 Å². The van der Waals surface area contributed by atoms with Gasteiger partial charge in [-0.15, -0.1) is 0 Å². The van der Waals surface area contributed by atoms with Crippen molar-refractivity contribution in [2.24, 2.45) is 5.92 Å². The standard InChI is InChI=1S/C27H31Cl2FN4O3/c1-16(17-8-3-2-4-9-17)37-23-15-22(32-27(36)34-13-6-5-12-24(34)31)21(30)14-18(23)26(35)33-25-19(28)10-7-11-20(25)29/h7,10-11,14-17,31H,2-6,8-9,12-13H2,1H3,(H,32,36)(H,33,35). The number of benzene rings is 2. The van der Waals surface area contributed by atoms with Crippen molar-refractivity contribution in [2.45, 2.75) is 64.4 Å². The Morgan fingerprint density at radius 3 is 2.46 bits per heavy atom. The summed E-state index contributed by atoms with van der Waals surface area (Å²) in [4.78, 5) is 27.4. The molecule has 2 aromatic carbocycles. The van der Waals surface area contributed by atoms with Crippen molar-refractivity contribution < 1.29 is 18.7 Å².